The van der Waals surface area contributed by atoms with E-state index < -0.39 is 0 Å². The maximum atomic E-state index is 8.85. The van der Waals surface area contributed by atoms with E-state index in [-0.39, 0.29) is 0 Å². The van der Waals surface area contributed by atoms with Gasteiger partial charge < -0.3 is 4.57 Å². The first-order valence-corrected chi connectivity index (χ1v) is 4.26. The summed E-state index contributed by atoms with van der Waals surface area (Å²) >= 11 is 6.02. The van der Waals surface area contributed by atoms with Crippen LogP contribution in [0.25, 0.3) is 10.9 Å². The van der Waals surface area contributed by atoms with Crippen LogP contribution in [0.15, 0.2) is 24.3 Å². The van der Waals surface area contributed by atoms with Gasteiger partial charge in [-0.2, -0.15) is 5.26 Å². The molecular weight excluding hydrogens is 184 g/mol. The van der Waals surface area contributed by atoms with Crippen molar-refractivity contribution in [1.29, 1.82) is 5.26 Å². The van der Waals surface area contributed by atoms with Gasteiger partial charge in [-0.3, -0.25) is 0 Å². The van der Waals surface area contributed by atoms with E-state index >= 15 is 0 Å². The molecular formula is C10H7ClN2. The topological polar surface area (TPSA) is 28.7 Å². The fourth-order valence-corrected chi connectivity index (χ4v) is 1.80. The van der Waals surface area contributed by atoms with Crippen LogP contribution in [0, 0.1) is 11.3 Å². The maximum absolute atomic E-state index is 8.85. The van der Waals surface area contributed by atoms with E-state index in [0.29, 0.717) is 10.7 Å². The molecule has 2 nitrogen and oxygen atoms in total. The quantitative estimate of drug-likeness (QED) is 0.628. The van der Waals surface area contributed by atoms with E-state index in [1.807, 2.05) is 31.3 Å². The fourth-order valence-electron chi connectivity index (χ4n) is 1.47. The summed E-state index contributed by atoms with van der Waals surface area (Å²) in [6.45, 7) is 0. The summed E-state index contributed by atoms with van der Waals surface area (Å²) in [5, 5.41) is 10.3. The van der Waals surface area contributed by atoms with Crippen molar-refractivity contribution in [3.05, 3.63) is 35.0 Å². The van der Waals surface area contributed by atoms with Crippen molar-refractivity contribution in [3.8, 4) is 6.07 Å². The predicted octanol–water partition coefficient (Wildman–Crippen LogP) is 2.70. The van der Waals surface area contributed by atoms with E-state index in [4.69, 9.17) is 16.9 Å². The van der Waals surface area contributed by atoms with Gasteiger partial charge in [0, 0.05) is 12.4 Å². The highest BCUT2D eigenvalue weighted by Crippen LogP contribution is 2.28. The Bertz CT molecular complexity index is 466. The Kier molecular flexibility index (Phi) is 1.75. The van der Waals surface area contributed by atoms with Gasteiger partial charge in [-0.25, -0.2) is 0 Å². The Balaban J connectivity index is 2.99. The minimum Gasteiger partial charge on any atom is -0.334 e. The first-order chi connectivity index (χ1) is 6.25. The molecule has 0 aliphatic carbocycles. The molecule has 0 radical (unpaired) electrons. The number of para-hydroxylation sites is 1. The molecule has 0 N–H and O–H groups in total. The van der Waals surface area contributed by atoms with Gasteiger partial charge >= 0.3 is 0 Å². The van der Waals surface area contributed by atoms with Crippen molar-refractivity contribution in [2.45, 2.75) is 0 Å². The number of hydrogen-bond acceptors (Lipinski definition) is 1. The molecule has 0 unspecified atom stereocenters. The third-order valence-corrected chi connectivity index (χ3v) is 2.53. The summed E-state index contributed by atoms with van der Waals surface area (Å²) in [6, 6.07) is 9.79. The van der Waals surface area contributed by atoms with Crippen molar-refractivity contribution < 1.29 is 0 Å². The maximum Gasteiger partial charge on any atom is 0.139 e. The van der Waals surface area contributed by atoms with Gasteiger partial charge in [-0.1, -0.05) is 29.8 Å². The Labute approximate surface area is 81.0 Å². The summed E-state index contributed by atoms with van der Waals surface area (Å²) in [7, 11) is 1.84. The van der Waals surface area contributed by atoms with Gasteiger partial charge in [0.2, 0.25) is 0 Å². The Morgan fingerprint density at radius 2 is 2.08 bits per heavy atom. The summed E-state index contributed by atoms with van der Waals surface area (Å²) in [5.41, 5.74) is 1.51. The van der Waals surface area contributed by atoms with Crippen LogP contribution in [0.5, 0.6) is 0 Å². The largest absolute Gasteiger partial charge is 0.334 e. The molecule has 0 aliphatic heterocycles. The van der Waals surface area contributed by atoms with Crippen LogP contribution < -0.4 is 0 Å². The highest BCUT2D eigenvalue weighted by Gasteiger charge is 2.11. The minimum absolute atomic E-state index is 0.517. The van der Waals surface area contributed by atoms with Crippen LogP contribution in [-0.2, 0) is 7.05 Å². The van der Waals surface area contributed by atoms with Gasteiger partial charge in [-0.15, -0.1) is 0 Å². The molecule has 1 aromatic carbocycles. The van der Waals surface area contributed by atoms with Crippen molar-refractivity contribution in [3.63, 3.8) is 0 Å². The van der Waals surface area contributed by atoms with Gasteiger partial charge in [0.1, 0.15) is 11.8 Å². The van der Waals surface area contributed by atoms with Gasteiger partial charge in [0.05, 0.1) is 10.5 Å². The smallest absolute Gasteiger partial charge is 0.139 e. The molecule has 3 heteroatoms. The monoisotopic (exact) mass is 190 g/mol. The fraction of sp³-hybridized carbons (Fsp3) is 0.100. The van der Waals surface area contributed by atoms with Gasteiger partial charge in [-0.05, 0) is 6.07 Å². The van der Waals surface area contributed by atoms with E-state index in [1.165, 1.54) is 0 Å². The molecule has 13 heavy (non-hydrogen) atoms. The Morgan fingerprint density at radius 3 is 2.69 bits per heavy atom. The molecule has 0 atom stereocenters. The lowest BCUT2D eigenvalue weighted by Gasteiger charge is -1.94. The summed E-state index contributed by atoms with van der Waals surface area (Å²) in [4.78, 5) is 0. The molecule has 0 saturated heterocycles. The van der Waals surface area contributed by atoms with Crippen LogP contribution in [0.3, 0.4) is 0 Å². The lowest BCUT2D eigenvalue weighted by Crippen LogP contribution is -1.90. The number of hydrogen-bond donors (Lipinski definition) is 0. The first-order valence-electron chi connectivity index (χ1n) is 3.88. The second kappa shape index (κ2) is 2.79. The van der Waals surface area contributed by atoms with Crippen molar-refractivity contribution in [1.82, 2.24) is 4.57 Å². The number of aromatic nitrogens is 1. The second-order valence-electron chi connectivity index (χ2n) is 2.85. The normalized spacial score (nSPS) is 10.2. The van der Waals surface area contributed by atoms with E-state index in [2.05, 4.69) is 6.07 Å². The third kappa shape index (κ3) is 1.01. The zero-order valence-corrected chi connectivity index (χ0v) is 7.84. The summed E-state index contributed by atoms with van der Waals surface area (Å²) in [5.74, 6) is 0. The number of nitriles is 1. The van der Waals surface area contributed by atoms with E-state index in [9.17, 15) is 0 Å². The zero-order chi connectivity index (χ0) is 9.42. The standard InChI is InChI=1S/C10H7ClN2/c1-13-8-5-3-2-4-7(8)10(11)9(13)6-12/h2-5H,1H3. The molecule has 0 spiro atoms. The third-order valence-electron chi connectivity index (χ3n) is 2.15. The number of rotatable bonds is 0. The van der Waals surface area contributed by atoms with Crippen molar-refractivity contribution in [2.75, 3.05) is 0 Å². The molecule has 1 heterocycles. The SMILES string of the molecule is Cn1c(C#N)c(Cl)c2ccccc21. The average Bonchev–Trinajstić information content (AvgIpc) is 2.41. The van der Waals surface area contributed by atoms with E-state index in [1.54, 1.807) is 4.57 Å². The molecule has 0 fully saturated rings. The molecule has 2 rings (SSSR count). The number of aryl methyl sites for hydroxylation is 1. The molecule has 0 amide bonds. The van der Waals surface area contributed by atoms with Crippen LogP contribution >= 0.6 is 11.6 Å². The van der Waals surface area contributed by atoms with Gasteiger partial charge in [0.25, 0.3) is 0 Å². The van der Waals surface area contributed by atoms with Crippen LogP contribution in [0.2, 0.25) is 5.02 Å². The first kappa shape index (κ1) is 8.15. The van der Waals surface area contributed by atoms with Gasteiger partial charge in [0.15, 0.2) is 0 Å². The molecule has 64 valence electrons. The predicted molar refractivity (Wildman–Crippen MR) is 52.6 cm³/mol. The zero-order valence-electron chi connectivity index (χ0n) is 7.08. The molecule has 2 aromatic rings. The van der Waals surface area contributed by atoms with Crippen LogP contribution in [-0.4, -0.2) is 4.57 Å². The minimum atomic E-state index is 0.517. The van der Waals surface area contributed by atoms with Crippen molar-refractivity contribution in [2.24, 2.45) is 7.05 Å². The molecule has 0 saturated carbocycles. The molecule has 0 bridgehead atoms. The van der Waals surface area contributed by atoms with Crippen molar-refractivity contribution >= 4 is 22.5 Å². The lowest BCUT2D eigenvalue weighted by atomic mass is 10.2. The number of fused-ring (bicyclic) bond motifs is 1. The summed E-state index contributed by atoms with van der Waals surface area (Å²) < 4.78 is 1.80. The second-order valence-corrected chi connectivity index (χ2v) is 3.23. The Morgan fingerprint density at radius 1 is 1.38 bits per heavy atom. The molecule has 0 aliphatic rings. The average molecular weight is 191 g/mol. The molecule has 1 aromatic heterocycles. The summed E-state index contributed by atoms with van der Waals surface area (Å²) in [6.07, 6.45) is 0. The number of halogens is 1. The van der Waals surface area contributed by atoms with Crippen LogP contribution in [0.1, 0.15) is 5.69 Å². The lowest BCUT2D eigenvalue weighted by molar-refractivity contribution is 0.947. The number of benzene rings is 1. The van der Waals surface area contributed by atoms with Crippen LogP contribution in [0.4, 0.5) is 0 Å². The highest BCUT2D eigenvalue weighted by atomic mass is 35.5. The van der Waals surface area contributed by atoms with E-state index in [0.717, 1.165) is 10.9 Å². The Hall–Kier alpha value is -1.46. The number of nitrogens with zero attached hydrogens (tertiary/aromatic N) is 2. The highest BCUT2D eigenvalue weighted by molar-refractivity contribution is 6.36.